The molecule has 0 saturated heterocycles. The van der Waals surface area contributed by atoms with E-state index < -0.39 is 0 Å². The van der Waals surface area contributed by atoms with Gasteiger partial charge in [0.2, 0.25) is 0 Å². The van der Waals surface area contributed by atoms with E-state index in [2.05, 4.69) is 5.32 Å². The molecule has 0 amide bonds. The average Bonchev–Trinajstić information content (AvgIpc) is 2.12. The van der Waals surface area contributed by atoms with E-state index in [0.717, 1.165) is 16.9 Å². The molecule has 0 spiro atoms. The smallest absolute Gasteiger partial charge is 0.159 e. The number of hydrogen-bond acceptors (Lipinski definition) is 3. The molecule has 1 aromatic rings. The highest BCUT2D eigenvalue weighted by atomic mass is 16.1. The topological polar surface area (TPSA) is 55.1 Å². The van der Waals surface area contributed by atoms with Crippen LogP contribution in [0.25, 0.3) is 0 Å². The number of carbonyl (C=O) groups excluding carboxylic acids is 1. The molecule has 3 N–H and O–H groups in total. The summed E-state index contributed by atoms with van der Waals surface area (Å²) in [4.78, 5) is 11.3. The van der Waals surface area contributed by atoms with E-state index in [1.54, 1.807) is 0 Å². The van der Waals surface area contributed by atoms with E-state index in [-0.39, 0.29) is 11.7 Å². The second kappa shape index (κ2) is 2.76. The van der Waals surface area contributed by atoms with Crippen molar-refractivity contribution in [2.75, 3.05) is 17.6 Å². The fourth-order valence-corrected chi connectivity index (χ4v) is 1.61. The van der Waals surface area contributed by atoms with Gasteiger partial charge in [-0.25, -0.2) is 0 Å². The maximum Gasteiger partial charge on any atom is 0.159 e. The van der Waals surface area contributed by atoms with Crippen molar-refractivity contribution in [2.24, 2.45) is 0 Å². The first-order valence-corrected chi connectivity index (χ1v) is 4.34. The molecule has 0 aliphatic carbocycles. The summed E-state index contributed by atoms with van der Waals surface area (Å²) in [6.45, 7) is 2.34. The molecule has 0 aromatic heterocycles. The summed E-state index contributed by atoms with van der Waals surface area (Å²) >= 11 is 0. The number of rotatable bonds is 0. The van der Waals surface area contributed by atoms with Crippen LogP contribution in [0.3, 0.4) is 0 Å². The van der Waals surface area contributed by atoms with Crippen LogP contribution in [0.4, 0.5) is 11.4 Å². The monoisotopic (exact) mass is 176 g/mol. The largest absolute Gasteiger partial charge is 0.399 e. The molecular weight excluding hydrogens is 164 g/mol. The molecule has 1 aliphatic rings. The zero-order valence-corrected chi connectivity index (χ0v) is 7.50. The van der Waals surface area contributed by atoms with Crippen molar-refractivity contribution in [1.82, 2.24) is 0 Å². The number of benzene rings is 1. The van der Waals surface area contributed by atoms with Gasteiger partial charge in [0.1, 0.15) is 0 Å². The van der Waals surface area contributed by atoms with Crippen molar-refractivity contribution in [3.05, 3.63) is 23.8 Å². The van der Waals surface area contributed by atoms with Gasteiger partial charge in [-0.15, -0.1) is 0 Å². The lowest BCUT2D eigenvalue weighted by Crippen LogP contribution is -2.26. The van der Waals surface area contributed by atoms with Crippen molar-refractivity contribution < 1.29 is 4.79 Å². The number of nitrogen functional groups attached to an aromatic ring is 1. The molecule has 0 saturated carbocycles. The van der Waals surface area contributed by atoms with Crippen LogP contribution in [0.5, 0.6) is 0 Å². The lowest BCUT2D eigenvalue weighted by molar-refractivity contribution is -0.118. The Balaban J connectivity index is 2.49. The maximum atomic E-state index is 11.3. The van der Waals surface area contributed by atoms with E-state index in [1.165, 1.54) is 0 Å². The number of nitrogens with one attached hydrogen (secondary N) is 1. The quantitative estimate of drug-likeness (QED) is 0.587. The van der Waals surface area contributed by atoms with Crippen LogP contribution in [-0.2, 0) is 4.79 Å². The highest BCUT2D eigenvalue weighted by Gasteiger charge is 2.22. The highest BCUT2D eigenvalue weighted by Crippen LogP contribution is 2.30. The first-order valence-electron chi connectivity index (χ1n) is 4.34. The van der Waals surface area contributed by atoms with Crippen LogP contribution in [0.2, 0.25) is 0 Å². The summed E-state index contributed by atoms with van der Waals surface area (Å²) in [5.41, 5.74) is 8.41. The van der Waals surface area contributed by atoms with E-state index in [0.29, 0.717) is 6.54 Å². The second-order valence-electron chi connectivity index (χ2n) is 3.39. The Kier molecular flexibility index (Phi) is 1.72. The van der Waals surface area contributed by atoms with Crippen molar-refractivity contribution in [1.29, 1.82) is 0 Å². The lowest BCUT2D eigenvalue weighted by Gasteiger charge is -2.22. The fraction of sp³-hybridized carbons (Fsp3) is 0.300. The molecule has 0 radical (unpaired) electrons. The van der Waals surface area contributed by atoms with E-state index in [1.807, 2.05) is 25.1 Å². The third kappa shape index (κ3) is 1.26. The van der Waals surface area contributed by atoms with Crippen molar-refractivity contribution >= 4 is 17.2 Å². The van der Waals surface area contributed by atoms with Gasteiger partial charge in [0.05, 0.1) is 6.54 Å². The molecular formula is C10H12N2O. The Morgan fingerprint density at radius 1 is 1.54 bits per heavy atom. The van der Waals surface area contributed by atoms with Gasteiger partial charge in [0, 0.05) is 17.3 Å². The first-order chi connectivity index (χ1) is 6.18. The molecule has 0 bridgehead atoms. The molecule has 0 fully saturated rings. The SMILES string of the molecule is CC1C(=O)CNc2cc(N)ccc21. The van der Waals surface area contributed by atoms with Crippen molar-refractivity contribution in [3.63, 3.8) is 0 Å². The normalized spacial score (nSPS) is 20.7. The van der Waals surface area contributed by atoms with E-state index >= 15 is 0 Å². The van der Waals surface area contributed by atoms with Gasteiger partial charge < -0.3 is 11.1 Å². The Morgan fingerprint density at radius 2 is 2.31 bits per heavy atom. The minimum absolute atomic E-state index is 0.00292. The molecule has 1 heterocycles. The van der Waals surface area contributed by atoms with E-state index in [9.17, 15) is 4.79 Å². The zero-order valence-electron chi connectivity index (χ0n) is 7.50. The fourth-order valence-electron chi connectivity index (χ4n) is 1.61. The lowest BCUT2D eigenvalue weighted by atomic mass is 9.91. The number of fused-ring (bicyclic) bond motifs is 1. The predicted molar refractivity (Wildman–Crippen MR) is 52.8 cm³/mol. The number of ketones is 1. The van der Waals surface area contributed by atoms with Crippen LogP contribution in [-0.4, -0.2) is 12.3 Å². The van der Waals surface area contributed by atoms with Crippen LogP contribution < -0.4 is 11.1 Å². The number of hydrogen-bond donors (Lipinski definition) is 2. The van der Waals surface area contributed by atoms with Gasteiger partial charge in [-0.05, 0) is 17.7 Å². The predicted octanol–water partition coefficient (Wildman–Crippen LogP) is 1.37. The number of nitrogens with two attached hydrogens (primary N) is 1. The molecule has 13 heavy (non-hydrogen) atoms. The van der Waals surface area contributed by atoms with Crippen LogP contribution in [0, 0.1) is 0 Å². The van der Waals surface area contributed by atoms with Gasteiger partial charge in [-0.3, -0.25) is 4.79 Å². The molecule has 68 valence electrons. The zero-order chi connectivity index (χ0) is 9.42. The van der Waals surface area contributed by atoms with E-state index in [4.69, 9.17) is 5.73 Å². The standard InChI is InChI=1S/C10H12N2O/c1-6-8-3-2-7(11)4-9(8)12-5-10(6)13/h2-4,6,12H,5,11H2,1H3. The van der Waals surface area contributed by atoms with Crippen molar-refractivity contribution in [3.8, 4) is 0 Å². The number of carbonyl (C=O) groups is 1. The maximum absolute atomic E-state index is 11.3. The summed E-state index contributed by atoms with van der Waals surface area (Å²) in [5, 5.41) is 3.05. The molecule has 1 unspecified atom stereocenters. The minimum atomic E-state index is -0.00292. The summed E-state index contributed by atoms with van der Waals surface area (Å²) < 4.78 is 0. The molecule has 3 nitrogen and oxygen atoms in total. The molecule has 1 aliphatic heterocycles. The average molecular weight is 176 g/mol. The van der Waals surface area contributed by atoms with Gasteiger partial charge in [0.15, 0.2) is 5.78 Å². The van der Waals surface area contributed by atoms with Crippen molar-refractivity contribution in [2.45, 2.75) is 12.8 Å². The minimum Gasteiger partial charge on any atom is -0.399 e. The Hall–Kier alpha value is -1.51. The van der Waals surface area contributed by atoms with Gasteiger partial charge in [-0.1, -0.05) is 13.0 Å². The first kappa shape index (κ1) is 8.10. The third-order valence-corrected chi connectivity index (χ3v) is 2.48. The highest BCUT2D eigenvalue weighted by molar-refractivity contribution is 5.93. The van der Waals surface area contributed by atoms with Crippen LogP contribution >= 0.6 is 0 Å². The van der Waals surface area contributed by atoms with Gasteiger partial charge >= 0.3 is 0 Å². The summed E-state index contributed by atoms with van der Waals surface area (Å²) in [7, 11) is 0. The summed E-state index contributed by atoms with van der Waals surface area (Å²) in [6.07, 6.45) is 0. The van der Waals surface area contributed by atoms with Gasteiger partial charge in [0.25, 0.3) is 0 Å². The Morgan fingerprint density at radius 3 is 3.08 bits per heavy atom. The van der Waals surface area contributed by atoms with Crippen LogP contribution in [0.1, 0.15) is 18.4 Å². The molecule has 3 heteroatoms. The summed E-state index contributed by atoms with van der Waals surface area (Å²) in [5.74, 6) is 0.231. The number of Topliss-reactive ketones (excluding diaryl/α,β-unsaturated/α-hetero) is 1. The molecule has 2 rings (SSSR count). The second-order valence-corrected chi connectivity index (χ2v) is 3.39. The van der Waals surface area contributed by atoms with Crippen LogP contribution in [0.15, 0.2) is 18.2 Å². The summed E-state index contributed by atoms with van der Waals surface area (Å²) in [6, 6.07) is 5.62. The third-order valence-electron chi connectivity index (χ3n) is 2.48. The molecule has 1 atom stereocenters. The molecule has 1 aromatic carbocycles. The Bertz CT molecular complexity index is 360. The number of anilines is 2. The Labute approximate surface area is 76.9 Å². The van der Waals surface area contributed by atoms with Gasteiger partial charge in [-0.2, -0.15) is 0 Å².